The first-order chi connectivity index (χ1) is 8.69. The van der Waals surface area contributed by atoms with Gasteiger partial charge < -0.3 is 20.3 Å². The molecule has 0 aromatic heterocycles. The number of phenols is 1. The number of para-hydroxylation sites is 1. The third kappa shape index (κ3) is 3.85. The van der Waals surface area contributed by atoms with Gasteiger partial charge in [-0.15, -0.1) is 0 Å². The number of nitrogens with one attached hydrogen (secondary N) is 1. The molecule has 0 fully saturated rings. The van der Waals surface area contributed by atoms with E-state index in [4.69, 9.17) is 4.74 Å². The normalized spacial score (nSPS) is 12.5. The fourth-order valence-electron chi connectivity index (χ4n) is 1.51. The number of aromatic hydroxyl groups is 1. The van der Waals surface area contributed by atoms with E-state index in [1.807, 2.05) is 32.9 Å². The minimum atomic E-state index is -0.861. The smallest absolute Gasteiger partial charge is 0.162 e. The van der Waals surface area contributed by atoms with Crippen molar-refractivity contribution in [1.82, 2.24) is 5.32 Å². The number of aliphatic hydroxyl groups is 1. The lowest BCUT2D eigenvalue weighted by Crippen LogP contribution is -2.55. The molecule has 0 unspecified atom stereocenters. The van der Waals surface area contributed by atoms with Crippen molar-refractivity contribution in [3.05, 3.63) is 23.8 Å². The molecule has 0 spiro atoms. The van der Waals surface area contributed by atoms with Crippen LogP contribution in [-0.2, 0) is 6.54 Å². The fourth-order valence-corrected chi connectivity index (χ4v) is 1.51. The second-order valence-corrected chi connectivity index (χ2v) is 5.73. The summed E-state index contributed by atoms with van der Waals surface area (Å²) in [5, 5.41) is 23.4. The maximum atomic E-state index is 10.1. The lowest BCUT2D eigenvalue weighted by Gasteiger charge is -2.38. The summed E-state index contributed by atoms with van der Waals surface area (Å²) in [4.78, 5) is 0. The first-order valence-corrected chi connectivity index (χ1v) is 6.60. The van der Waals surface area contributed by atoms with Gasteiger partial charge >= 0.3 is 0 Å². The summed E-state index contributed by atoms with van der Waals surface area (Å²) in [6.45, 7) is 10.2. The zero-order chi connectivity index (χ0) is 14.7. The van der Waals surface area contributed by atoms with Crippen molar-refractivity contribution in [2.75, 3.05) is 6.61 Å². The minimum Gasteiger partial charge on any atom is -0.504 e. The summed E-state index contributed by atoms with van der Waals surface area (Å²) in [7, 11) is 0. The van der Waals surface area contributed by atoms with Crippen LogP contribution in [-0.4, -0.2) is 28.0 Å². The Bertz CT molecular complexity index is 422. The molecule has 1 aromatic rings. The van der Waals surface area contributed by atoms with Crippen LogP contribution in [0.15, 0.2) is 18.2 Å². The molecule has 0 amide bonds. The third-order valence-electron chi connectivity index (χ3n) is 3.63. The average Bonchev–Trinajstić information content (AvgIpc) is 2.29. The van der Waals surface area contributed by atoms with Crippen molar-refractivity contribution in [2.45, 2.75) is 52.3 Å². The molecular formula is C15H25NO3. The molecule has 0 saturated heterocycles. The van der Waals surface area contributed by atoms with Crippen LogP contribution in [0.5, 0.6) is 11.5 Å². The zero-order valence-corrected chi connectivity index (χ0v) is 12.4. The van der Waals surface area contributed by atoms with Crippen molar-refractivity contribution in [2.24, 2.45) is 0 Å². The number of benzene rings is 1. The first kappa shape index (κ1) is 15.8. The second-order valence-electron chi connectivity index (χ2n) is 5.73. The van der Waals surface area contributed by atoms with Gasteiger partial charge in [-0.3, -0.25) is 0 Å². The highest BCUT2D eigenvalue weighted by Crippen LogP contribution is 2.30. The van der Waals surface area contributed by atoms with Crippen molar-refractivity contribution >= 4 is 0 Å². The standard InChI is InChI=1S/C15H25NO3/c1-6-19-12-9-7-8-11(13(12)17)10-16-14(2,3)15(4,5)18/h7-9,16-18H,6,10H2,1-5H3. The SMILES string of the molecule is CCOc1cccc(CNC(C)(C)C(C)(C)O)c1O. The Kier molecular flexibility index (Phi) is 4.82. The van der Waals surface area contributed by atoms with E-state index in [-0.39, 0.29) is 5.75 Å². The highest BCUT2D eigenvalue weighted by Gasteiger charge is 2.34. The van der Waals surface area contributed by atoms with E-state index in [1.54, 1.807) is 19.9 Å². The Balaban J connectivity index is 2.81. The Morgan fingerprint density at radius 3 is 2.37 bits per heavy atom. The van der Waals surface area contributed by atoms with Crippen molar-refractivity contribution in [3.8, 4) is 11.5 Å². The highest BCUT2D eigenvalue weighted by molar-refractivity contribution is 5.45. The predicted octanol–water partition coefficient (Wildman–Crippen LogP) is 2.43. The minimum absolute atomic E-state index is 0.156. The molecule has 0 bridgehead atoms. The molecule has 3 N–H and O–H groups in total. The zero-order valence-electron chi connectivity index (χ0n) is 12.4. The predicted molar refractivity (Wildman–Crippen MR) is 76.5 cm³/mol. The number of ether oxygens (including phenoxy) is 1. The number of rotatable bonds is 6. The fraction of sp³-hybridized carbons (Fsp3) is 0.600. The van der Waals surface area contributed by atoms with E-state index < -0.39 is 11.1 Å². The molecule has 1 rings (SSSR count). The molecule has 0 heterocycles. The monoisotopic (exact) mass is 267 g/mol. The Morgan fingerprint density at radius 1 is 1.21 bits per heavy atom. The molecular weight excluding hydrogens is 242 g/mol. The van der Waals surface area contributed by atoms with Crippen molar-refractivity contribution < 1.29 is 14.9 Å². The van der Waals surface area contributed by atoms with Gasteiger partial charge in [0.05, 0.1) is 12.2 Å². The van der Waals surface area contributed by atoms with E-state index >= 15 is 0 Å². The van der Waals surface area contributed by atoms with Gasteiger partial charge in [-0.05, 0) is 40.7 Å². The molecule has 0 aliphatic heterocycles. The maximum absolute atomic E-state index is 10.1. The van der Waals surface area contributed by atoms with Crippen LogP contribution in [0.2, 0.25) is 0 Å². The van der Waals surface area contributed by atoms with E-state index in [1.165, 1.54) is 0 Å². The molecule has 0 atom stereocenters. The molecule has 4 nitrogen and oxygen atoms in total. The molecule has 1 aromatic carbocycles. The van der Waals surface area contributed by atoms with E-state index in [9.17, 15) is 10.2 Å². The first-order valence-electron chi connectivity index (χ1n) is 6.60. The molecule has 0 saturated carbocycles. The molecule has 108 valence electrons. The van der Waals surface area contributed by atoms with Crippen LogP contribution >= 0.6 is 0 Å². The second kappa shape index (κ2) is 5.80. The van der Waals surface area contributed by atoms with Gasteiger partial charge in [-0.2, -0.15) is 0 Å². The van der Waals surface area contributed by atoms with Crippen LogP contribution in [0.1, 0.15) is 40.2 Å². The van der Waals surface area contributed by atoms with Crippen LogP contribution < -0.4 is 10.1 Å². The lowest BCUT2D eigenvalue weighted by molar-refractivity contribution is -0.00540. The third-order valence-corrected chi connectivity index (χ3v) is 3.63. The molecule has 0 radical (unpaired) electrons. The summed E-state index contributed by atoms with van der Waals surface area (Å²) in [5.41, 5.74) is -0.579. The Hall–Kier alpha value is -1.26. The number of hydrogen-bond acceptors (Lipinski definition) is 4. The van der Waals surface area contributed by atoms with Gasteiger partial charge in [0.25, 0.3) is 0 Å². The summed E-state index contributed by atoms with van der Waals surface area (Å²) in [6, 6.07) is 5.42. The van der Waals surface area contributed by atoms with Gasteiger partial charge in [0.1, 0.15) is 0 Å². The van der Waals surface area contributed by atoms with Gasteiger partial charge in [-0.1, -0.05) is 12.1 Å². The van der Waals surface area contributed by atoms with Crippen LogP contribution in [0.4, 0.5) is 0 Å². The van der Waals surface area contributed by atoms with E-state index in [2.05, 4.69) is 5.32 Å². The quantitative estimate of drug-likeness (QED) is 0.741. The van der Waals surface area contributed by atoms with Gasteiger partial charge in [0.2, 0.25) is 0 Å². The number of phenolic OH excluding ortho intramolecular Hbond substituents is 1. The van der Waals surface area contributed by atoms with Crippen molar-refractivity contribution in [3.63, 3.8) is 0 Å². The lowest BCUT2D eigenvalue weighted by atomic mass is 9.86. The molecule has 19 heavy (non-hydrogen) atoms. The summed E-state index contributed by atoms with van der Waals surface area (Å²) < 4.78 is 5.35. The molecule has 0 aliphatic carbocycles. The topological polar surface area (TPSA) is 61.7 Å². The molecule has 0 aliphatic rings. The van der Waals surface area contributed by atoms with E-state index in [0.717, 1.165) is 5.56 Å². The molecule has 4 heteroatoms. The van der Waals surface area contributed by atoms with Gasteiger partial charge in [0.15, 0.2) is 11.5 Å². The average molecular weight is 267 g/mol. The number of hydrogen-bond donors (Lipinski definition) is 3. The summed E-state index contributed by atoms with van der Waals surface area (Å²) in [5.74, 6) is 0.645. The van der Waals surface area contributed by atoms with Crippen LogP contribution in [0.25, 0.3) is 0 Å². The maximum Gasteiger partial charge on any atom is 0.162 e. The summed E-state index contributed by atoms with van der Waals surface area (Å²) >= 11 is 0. The van der Waals surface area contributed by atoms with Gasteiger partial charge in [-0.25, -0.2) is 0 Å². The van der Waals surface area contributed by atoms with Crippen LogP contribution in [0, 0.1) is 0 Å². The highest BCUT2D eigenvalue weighted by atomic mass is 16.5. The Morgan fingerprint density at radius 2 is 1.84 bits per heavy atom. The largest absolute Gasteiger partial charge is 0.504 e. The van der Waals surface area contributed by atoms with Crippen LogP contribution in [0.3, 0.4) is 0 Å². The van der Waals surface area contributed by atoms with E-state index in [0.29, 0.717) is 18.9 Å². The Labute approximate surface area is 115 Å². The van der Waals surface area contributed by atoms with Crippen molar-refractivity contribution in [1.29, 1.82) is 0 Å². The summed E-state index contributed by atoms with van der Waals surface area (Å²) in [6.07, 6.45) is 0. The van der Waals surface area contributed by atoms with Gasteiger partial charge in [0, 0.05) is 17.6 Å².